The number of carbonyl (C=O) groups excluding carboxylic acids is 2. The van der Waals surface area contributed by atoms with Crippen molar-refractivity contribution >= 4 is 23.8 Å². The molecule has 1 N–H and O–H groups in total. The molecular weight excluding hydrogens is 418 g/mol. The minimum absolute atomic E-state index is 0.211. The molecule has 3 aromatic rings. The highest BCUT2D eigenvalue weighted by atomic mass is 16.6. The molecule has 0 aliphatic rings. The zero-order valence-corrected chi connectivity index (χ0v) is 17.2. The summed E-state index contributed by atoms with van der Waals surface area (Å²) in [6.45, 7) is 1.64. The Bertz CT molecular complexity index is 1190. The van der Waals surface area contributed by atoms with Gasteiger partial charge in [0.2, 0.25) is 0 Å². The minimum Gasteiger partial charge on any atom is -0.493 e. The quantitative estimate of drug-likeness (QED) is 0.188. The van der Waals surface area contributed by atoms with Gasteiger partial charge in [-0.05, 0) is 42.8 Å². The molecule has 0 spiro atoms. The van der Waals surface area contributed by atoms with Crippen molar-refractivity contribution in [3.63, 3.8) is 0 Å². The van der Waals surface area contributed by atoms with Gasteiger partial charge in [0.25, 0.3) is 5.91 Å². The molecule has 0 bridgehead atoms. The molecule has 1 amide bonds. The number of aryl methyl sites for hydroxylation is 1. The van der Waals surface area contributed by atoms with Crippen LogP contribution in [0.15, 0.2) is 60.0 Å². The number of benzene rings is 2. The number of aromatic nitrogens is 2. The summed E-state index contributed by atoms with van der Waals surface area (Å²) < 4.78 is 11.8. The summed E-state index contributed by atoms with van der Waals surface area (Å²) in [5, 5.41) is 18.2. The van der Waals surface area contributed by atoms with Crippen LogP contribution in [0.1, 0.15) is 21.5 Å². The van der Waals surface area contributed by atoms with Gasteiger partial charge in [-0.3, -0.25) is 19.6 Å². The molecule has 2 aromatic carbocycles. The third-order valence-corrected chi connectivity index (χ3v) is 4.18. The summed E-state index contributed by atoms with van der Waals surface area (Å²) in [4.78, 5) is 34.3. The van der Waals surface area contributed by atoms with E-state index in [1.54, 1.807) is 36.4 Å². The van der Waals surface area contributed by atoms with Gasteiger partial charge in [0.15, 0.2) is 11.5 Å². The zero-order chi connectivity index (χ0) is 23.1. The summed E-state index contributed by atoms with van der Waals surface area (Å²) >= 11 is 0. The van der Waals surface area contributed by atoms with Gasteiger partial charge in [0, 0.05) is 0 Å². The number of methoxy groups -OCH3 is 1. The number of nitrogens with one attached hydrogen (secondary N) is 1. The van der Waals surface area contributed by atoms with E-state index in [1.807, 2.05) is 13.0 Å². The number of amides is 1. The van der Waals surface area contributed by atoms with E-state index in [1.165, 1.54) is 13.3 Å². The summed E-state index contributed by atoms with van der Waals surface area (Å²) in [6, 6.07) is 11.8. The van der Waals surface area contributed by atoms with Crippen LogP contribution in [-0.2, 0) is 11.3 Å². The van der Waals surface area contributed by atoms with E-state index in [9.17, 15) is 19.7 Å². The van der Waals surface area contributed by atoms with Crippen molar-refractivity contribution in [3.05, 3.63) is 81.7 Å². The maximum Gasteiger partial charge on any atom is 0.343 e. The Labute approximate surface area is 182 Å². The fraction of sp³-hybridized carbons (Fsp3) is 0.143. The van der Waals surface area contributed by atoms with E-state index in [4.69, 9.17) is 9.47 Å². The zero-order valence-electron chi connectivity index (χ0n) is 17.2. The largest absolute Gasteiger partial charge is 0.493 e. The normalized spacial score (nSPS) is 10.7. The molecule has 11 nitrogen and oxygen atoms in total. The van der Waals surface area contributed by atoms with Crippen molar-refractivity contribution in [1.29, 1.82) is 0 Å². The van der Waals surface area contributed by atoms with Crippen LogP contribution in [0.4, 0.5) is 5.69 Å². The molecule has 0 aliphatic heterocycles. The highest BCUT2D eigenvalue weighted by Crippen LogP contribution is 2.28. The van der Waals surface area contributed by atoms with Crippen LogP contribution in [0.3, 0.4) is 0 Å². The van der Waals surface area contributed by atoms with E-state index in [0.717, 1.165) is 22.6 Å². The summed E-state index contributed by atoms with van der Waals surface area (Å²) in [5.74, 6) is -0.486. The van der Waals surface area contributed by atoms with E-state index in [0.29, 0.717) is 16.9 Å². The first kappa shape index (κ1) is 22.2. The van der Waals surface area contributed by atoms with Crippen molar-refractivity contribution in [2.45, 2.75) is 13.5 Å². The van der Waals surface area contributed by atoms with E-state index in [2.05, 4.69) is 15.6 Å². The summed E-state index contributed by atoms with van der Waals surface area (Å²) in [6.07, 6.45) is 3.57. The standard InChI is InChI=1S/C21H19N5O6/c1-14-4-3-5-16(8-14)21(28)32-18-7-6-15(9-19(18)31-2)10-22-24-20(27)13-25-12-17(11-23-25)26(29)30/h3-12H,13H2,1-2H3,(H,24,27)/b22-10+. The molecule has 0 radical (unpaired) electrons. The van der Waals surface area contributed by atoms with Crippen LogP contribution in [-0.4, -0.2) is 39.9 Å². The molecule has 0 aliphatic carbocycles. The van der Waals surface area contributed by atoms with Gasteiger partial charge < -0.3 is 9.47 Å². The molecule has 0 saturated heterocycles. The van der Waals surface area contributed by atoms with Crippen molar-refractivity contribution < 1.29 is 24.0 Å². The minimum atomic E-state index is -0.602. The number of hydrazone groups is 1. The first-order valence-corrected chi connectivity index (χ1v) is 9.31. The molecule has 0 atom stereocenters. The Balaban J connectivity index is 1.61. The van der Waals surface area contributed by atoms with Crippen LogP contribution in [0.25, 0.3) is 0 Å². The second kappa shape index (κ2) is 9.98. The number of hydrogen-bond donors (Lipinski definition) is 1. The number of ether oxygens (including phenoxy) is 2. The van der Waals surface area contributed by atoms with E-state index in [-0.39, 0.29) is 18.0 Å². The van der Waals surface area contributed by atoms with Crippen LogP contribution < -0.4 is 14.9 Å². The van der Waals surface area contributed by atoms with Gasteiger partial charge in [0.05, 0.1) is 23.8 Å². The number of nitrogens with zero attached hydrogens (tertiary/aromatic N) is 4. The third-order valence-electron chi connectivity index (χ3n) is 4.18. The van der Waals surface area contributed by atoms with E-state index < -0.39 is 16.8 Å². The lowest BCUT2D eigenvalue weighted by Crippen LogP contribution is -2.23. The third kappa shape index (κ3) is 5.75. The Hall–Kier alpha value is -4.54. The molecule has 11 heteroatoms. The molecule has 1 aromatic heterocycles. The smallest absolute Gasteiger partial charge is 0.343 e. The van der Waals surface area contributed by atoms with Gasteiger partial charge in [-0.1, -0.05) is 17.7 Å². The second-order valence-electron chi connectivity index (χ2n) is 6.62. The van der Waals surface area contributed by atoms with Gasteiger partial charge >= 0.3 is 11.7 Å². The number of rotatable bonds is 8. The van der Waals surface area contributed by atoms with Crippen LogP contribution in [0, 0.1) is 17.0 Å². The first-order chi connectivity index (χ1) is 15.4. The fourth-order valence-electron chi connectivity index (χ4n) is 2.67. The van der Waals surface area contributed by atoms with Gasteiger partial charge in [-0.2, -0.15) is 10.2 Å². The average molecular weight is 437 g/mol. The fourth-order valence-corrected chi connectivity index (χ4v) is 2.67. The molecule has 0 saturated carbocycles. The summed E-state index contributed by atoms with van der Waals surface area (Å²) in [5.41, 5.74) is 4.02. The molecular formula is C21H19N5O6. The highest BCUT2D eigenvalue weighted by molar-refractivity contribution is 5.92. The molecule has 0 unspecified atom stereocenters. The Morgan fingerprint density at radius 3 is 2.75 bits per heavy atom. The molecule has 1 heterocycles. The monoisotopic (exact) mass is 437 g/mol. The summed E-state index contributed by atoms with van der Waals surface area (Å²) in [7, 11) is 1.44. The second-order valence-corrected chi connectivity index (χ2v) is 6.62. The lowest BCUT2D eigenvalue weighted by Gasteiger charge is -2.10. The van der Waals surface area contributed by atoms with Gasteiger partial charge in [-0.25, -0.2) is 10.2 Å². The van der Waals surface area contributed by atoms with Crippen molar-refractivity contribution in [3.8, 4) is 11.5 Å². The topological polar surface area (TPSA) is 138 Å². The maximum atomic E-state index is 12.4. The Morgan fingerprint density at radius 1 is 1.25 bits per heavy atom. The van der Waals surface area contributed by atoms with Crippen molar-refractivity contribution in [1.82, 2.24) is 15.2 Å². The Kier molecular flexibility index (Phi) is 6.91. The van der Waals surface area contributed by atoms with Gasteiger partial charge in [-0.15, -0.1) is 0 Å². The highest BCUT2D eigenvalue weighted by Gasteiger charge is 2.13. The van der Waals surface area contributed by atoms with Crippen LogP contribution in [0.5, 0.6) is 11.5 Å². The SMILES string of the molecule is COc1cc(/C=N/NC(=O)Cn2cc([N+](=O)[O-])cn2)ccc1OC(=O)c1cccc(C)c1. The van der Waals surface area contributed by atoms with Crippen LogP contribution in [0.2, 0.25) is 0 Å². The van der Waals surface area contributed by atoms with Crippen LogP contribution >= 0.6 is 0 Å². The first-order valence-electron chi connectivity index (χ1n) is 9.31. The van der Waals surface area contributed by atoms with Crippen molar-refractivity contribution in [2.75, 3.05) is 7.11 Å². The number of carbonyl (C=O) groups is 2. The Morgan fingerprint density at radius 2 is 2.06 bits per heavy atom. The molecule has 3 rings (SSSR count). The van der Waals surface area contributed by atoms with Gasteiger partial charge in [0.1, 0.15) is 18.9 Å². The predicted octanol–water partition coefficient (Wildman–Crippen LogP) is 2.48. The molecule has 0 fully saturated rings. The number of hydrogen-bond acceptors (Lipinski definition) is 8. The maximum absolute atomic E-state index is 12.4. The molecule has 32 heavy (non-hydrogen) atoms. The lowest BCUT2D eigenvalue weighted by atomic mass is 10.1. The van der Waals surface area contributed by atoms with E-state index >= 15 is 0 Å². The van der Waals surface area contributed by atoms with Crippen molar-refractivity contribution in [2.24, 2.45) is 5.10 Å². The molecule has 164 valence electrons. The number of nitro groups is 1. The number of esters is 1. The lowest BCUT2D eigenvalue weighted by molar-refractivity contribution is -0.385. The average Bonchev–Trinajstić information content (AvgIpc) is 3.23. The predicted molar refractivity (Wildman–Crippen MR) is 114 cm³/mol.